The van der Waals surface area contributed by atoms with Crippen LogP contribution in [0.15, 0.2) is 49.1 Å². The van der Waals surface area contributed by atoms with Gasteiger partial charge < -0.3 is 9.88 Å². The summed E-state index contributed by atoms with van der Waals surface area (Å²) >= 11 is 0. The normalized spacial score (nSPS) is 11.6. The standard InChI is InChI=1S/C18H17F3N4/c1-3-12-4-5-13(8-15(12)18(19,20)21)14-6-7-25(10-14)17-9-16(22-2)23-11-24-17/h4-11H,3H2,1-2H3,(H,22,23,24). The molecule has 0 saturated heterocycles. The number of benzene rings is 1. The Morgan fingerprint density at radius 3 is 2.56 bits per heavy atom. The molecule has 25 heavy (non-hydrogen) atoms. The fraction of sp³-hybridized carbons (Fsp3) is 0.222. The number of anilines is 1. The number of aromatic nitrogens is 3. The molecule has 1 aromatic carbocycles. The van der Waals surface area contributed by atoms with E-state index < -0.39 is 11.7 Å². The monoisotopic (exact) mass is 346 g/mol. The summed E-state index contributed by atoms with van der Waals surface area (Å²) in [4.78, 5) is 8.23. The Labute approximate surface area is 143 Å². The molecule has 130 valence electrons. The lowest BCUT2D eigenvalue weighted by Crippen LogP contribution is -2.08. The van der Waals surface area contributed by atoms with Gasteiger partial charge in [0.1, 0.15) is 18.0 Å². The average molecular weight is 346 g/mol. The first-order valence-electron chi connectivity index (χ1n) is 7.81. The van der Waals surface area contributed by atoms with E-state index in [1.807, 2.05) is 0 Å². The number of rotatable bonds is 4. The zero-order valence-corrected chi connectivity index (χ0v) is 13.8. The van der Waals surface area contributed by atoms with Gasteiger partial charge in [-0.3, -0.25) is 0 Å². The van der Waals surface area contributed by atoms with Gasteiger partial charge in [-0.25, -0.2) is 9.97 Å². The molecular weight excluding hydrogens is 329 g/mol. The van der Waals surface area contributed by atoms with E-state index in [2.05, 4.69) is 15.3 Å². The molecule has 0 spiro atoms. The molecule has 3 rings (SSSR count). The first kappa shape index (κ1) is 17.0. The van der Waals surface area contributed by atoms with Gasteiger partial charge in [0, 0.05) is 25.5 Å². The van der Waals surface area contributed by atoms with Crippen LogP contribution >= 0.6 is 0 Å². The molecule has 0 fully saturated rings. The Kier molecular flexibility index (Phi) is 4.48. The van der Waals surface area contributed by atoms with Gasteiger partial charge in [-0.2, -0.15) is 13.2 Å². The van der Waals surface area contributed by atoms with Gasteiger partial charge in [-0.1, -0.05) is 19.1 Å². The number of halogens is 3. The van der Waals surface area contributed by atoms with Crippen molar-refractivity contribution in [3.63, 3.8) is 0 Å². The number of alkyl halides is 3. The molecule has 0 aliphatic heterocycles. The molecule has 0 saturated carbocycles. The van der Waals surface area contributed by atoms with Gasteiger partial charge >= 0.3 is 6.18 Å². The van der Waals surface area contributed by atoms with E-state index in [1.165, 1.54) is 12.4 Å². The highest BCUT2D eigenvalue weighted by atomic mass is 19.4. The number of hydrogen-bond donors (Lipinski definition) is 1. The molecule has 0 aliphatic rings. The molecular formula is C18H17F3N4. The molecule has 0 atom stereocenters. The summed E-state index contributed by atoms with van der Waals surface area (Å²) in [5, 5.41) is 2.92. The third-order valence-corrected chi connectivity index (χ3v) is 4.00. The third-order valence-electron chi connectivity index (χ3n) is 4.00. The lowest BCUT2D eigenvalue weighted by Gasteiger charge is -2.13. The summed E-state index contributed by atoms with van der Waals surface area (Å²) in [6.45, 7) is 1.72. The Balaban J connectivity index is 2.00. The van der Waals surface area contributed by atoms with Crippen molar-refractivity contribution in [3.8, 4) is 16.9 Å². The highest BCUT2D eigenvalue weighted by Gasteiger charge is 2.33. The van der Waals surface area contributed by atoms with Crippen LogP contribution in [0.3, 0.4) is 0 Å². The van der Waals surface area contributed by atoms with Gasteiger partial charge in [0.15, 0.2) is 0 Å². The molecule has 0 aliphatic carbocycles. The van der Waals surface area contributed by atoms with Crippen LogP contribution in [-0.2, 0) is 12.6 Å². The minimum atomic E-state index is -4.36. The first-order chi connectivity index (χ1) is 11.9. The third kappa shape index (κ3) is 3.50. The summed E-state index contributed by atoms with van der Waals surface area (Å²) in [6.07, 6.45) is 0.918. The largest absolute Gasteiger partial charge is 0.416 e. The summed E-state index contributed by atoms with van der Waals surface area (Å²) in [6, 6.07) is 7.98. The number of nitrogens with one attached hydrogen (secondary N) is 1. The van der Waals surface area contributed by atoms with Gasteiger partial charge in [-0.15, -0.1) is 0 Å². The summed E-state index contributed by atoms with van der Waals surface area (Å²) in [5.41, 5.74) is 0.925. The molecule has 0 amide bonds. The average Bonchev–Trinajstić information content (AvgIpc) is 3.10. The van der Waals surface area contributed by atoms with Gasteiger partial charge in [-0.05, 0) is 35.2 Å². The van der Waals surface area contributed by atoms with E-state index in [-0.39, 0.29) is 0 Å². The lowest BCUT2D eigenvalue weighted by molar-refractivity contribution is -0.138. The SMILES string of the molecule is CCc1ccc(-c2ccn(-c3cc(NC)ncn3)c2)cc1C(F)(F)F. The topological polar surface area (TPSA) is 42.7 Å². The van der Waals surface area contributed by atoms with Crippen molar-refractivity contribution < 1.29 is 13.2 Å². The smallest absolute Gasteiger partial charge is 0.373 e. The van der Waals surface area contributed by atoms with Crippen molar-refractivity contribution in [2.75, 3.05) is 12.4 Å². The van der Waals surface area contributed by atoms with Crippen LogP contribution in [0.25, 0.3) is 16.9 Å². The minimum absolute atomic E-state index is 0.296. The summed E-state index contributed by atoms with van der Waals surface area (Å²) < 4.78 is 41.5. The zero-order valence-electron chi connectivity index (χ0n) is 13.8. The molecule has 0 radical (unpaired) electrons. The van der Waals surface area contributed by atoms with Crippen LogP contribution < -0.4 is 5.32 Å². The van der Waals surface area contributed by atoms with E-state index in [0.717, 1.165) is 0 Å². The second kappa shape index (κ2) is 6.58. The van der Waals surface area contributed by atoms with Crippen molar-refractivity contribution in [2.24, 2.45) is 0 Å². The Bertz CT molecular complexity index is 884. The van der Waals surface area contributed by atoms with E-state index in [0.29, 0.717) is 34.7 Å². The molecule has 3 aromatic rings. The van der Waals surface area contributed by atoms with Crippen LogP contribution in [0.5, 0.6) is 0 Å². The van der Waals surface area contributed by atoms with Crippen molar-refractivity contribution in [2.45, 2.75) is 19.5 Å². The fourth-order valence-corrected chi connectivity index (χ4v) is 2.66. The Morgan fingerprint density at radius 1 is 1.08 bits per heavy atom. The maximum atomic E-state index is 13.3. The van der Waals surface area contributed by atoms with Crippen molar-refractivity contribution in [1.82, 2.24) is 14.5 Å². The van der Waals surface area contributed by atoms with Crippen LogP contribution in [0.1, 0.15) is 18.1 Å². The highest BCUT2D eigenvalue weighted by molar-refractivity contribution is 5.65. The van der Waals surface area contributed by atoms with Crippen molar-refractivity contribution >= 4 is 5.82 Å². The number of hydrogen-bond acceptors (Lipinski definition) is 3. The van der Waals surface area contributed by atoms with Gasteiger partial charge in [0.05, 0.1) is 5.56 Å². The maximum absolute atomic E-state index is 13.3. The van der Waals surface area contributed by atoms with E-state index in [4.69, 9.17) is 0 Å². The number of aryl methyl sites for hydroxylation is 1. The molecule has 0 bridgehead atoms. The Morgan fingerprint density at radius 2 is 1.88 bits per heavy atom. The second-order valence-electron chi connectivity index (χ2n) is 5.54. The van der Waals surface area contributed by atoms with Crippen LogP contribution in [-0.4, -0.2) is 21.6 Å². The van der Waals surface area contributed by atoms with Gasteiger partial charge in [0.25, 0.3) is 0 Å². The molecule has 2 heterocycles. The van der Waals surface area contributed by atoms with Crippen molar-refractivity contribution in [1.29, 1.82) is 0 Å². The maximum Gasteiger partial charge on any atom is 0.416 e. The molecule has 1 N–H and O–H groups in total. The van der Waals surface area contributed by atoms with E-state index in [9.17, 15) is 13.2 Å². The van der Waals surface area contributed by atoms with Crippen LogP contribution in [0.2, 0.25) is 0 Å². The van der Waals surface area contributed by atoms with Crippen LogP contribution in [0, 0.1) is 0 Å². The summed E-state index contributed by atoms with van der Waals surface area (Å²) in [7, 11) is 1.75. The van der Waals surface area contributed by atoms with E-state index >= 15 is 0 Å². The van der Waals surface area contributed by atoms with Crippen LogP contribution in [0.4, 0.5) is 19.0 Å². The highest BCUT2D eigenvalue weighted by Crippen LogP contribution is 2.35. The quantitative estimate of drug-likeness (QED) is 0.753. The fourth-order valence-electron chi connectivity index (χ4n) is 2.66. The predicted molar refractivity (Wildman–Crippen MR) is 90.7 cm³/mol. The minimum Gasteiger partial charge on any atom is -0.373 e. The first-order valence-corrected chi connectivity index (χ1v) is 7.81. The second-order valence-corrected chi connectivity index (χ2v) is 5.54. The summed E-state index contributed by atoms with van der Waals surface area (Å²) in [5.74, 6) is 1.29. The molecule has 4 nitrogen and oxygen atoms in total. The molecule has 2 aromatic heterocycles. The predicted octanol–water partition coefficient (Wildman–Crippen LogP) is 4.56. The molecule has 7 heteroatoms. The van der Waals surface area contributed by atoms with Gasteiger partial charge in [0.2, 0.25) is 0 Å². The molecule has 0 unspecified atom stereocenters. The van der Waals surface area contributed by atoms with E-state index in [1.54, 1.807) is 55.2 Å². The lowest BCUT2D eigenvalue weighted by atomic mass is 9.99. The van der Waals surface area contributed by atoms with Crippen molar-refractivity contribution in [3.05, 3.63) is 60.2 Å². The number of nitrogens with zero attached hydrogens (tertiary/aromatic N) is 3. The zero-order chi connectivity index (χ0) is 18.0. The Hall–Kier alpha value is -2.83.